The maximum absolute atomic E-state index is 9.78. The molecule has 2 aromatic rings. The molecule has 2 heteroatoms. The number of hydrogen-bond donors (Lipinski definition) is 1. The third kappa shape index (κ3) is 2.83. The van der Waals surface area contributed by atoms with Gasteiger partial charge in [0.1, 0.15) is 5.75 Å². The topological polar surface area (TPSA) is 20.2 Å². The van der Waals surface area contributed by atoms with Gasteiger partial charge in [-0.3, -0.25) is 0 Å². The Balaban J connectivity index is 2.22. The van der Waals surface area contributed by atoms with Gasteiger partial charge in [-0.25, -0.2) is 0 Å². The lowest BCUT2D eigenvalue weighted by Gasteiger charge is -2.07. The Kier molecular flexibility index (Phi) is 4.10. The molecule has 0 spiro atoms. The van der Waals surface area contributed by atoms with Crippen LogP contribution < -0.4 is 0 Å². The average molecular weight is 244 g/mol. The molecule has 2 rings (SSSR count). The summed E-state index contributed by atoms with van der Waals surface area (Å²) < 4.78 is 0. The van der Waals surface area contributed by atoms with E-state index in [0.717, 1.165) is 29.4 Å². The van der Waals surface area contributed by atoms with Crippen LogP contribution in [0.1, 0.15) is 12.8 Å². The van der Waals surface area contributed by atoms with Crippen molar-refractivity contribution in [3.8, 4) is 5.75 Å². The number of unbranched alkanes of at least 4 members (excludes halogenated alkanes) is 1. The fourth-order valence-electron chi connectivity index (χ4n) is 1.79. The zero-order valence-corrected chi connectivity index (χ0v) is 10.5. The van der Waals surface area contributed by atoms with E-state index in [1.807, 2.05) is 42.1 Å². The number of thioether (sulfide) groups is 1. The van der Waals surface area contributed by atoms with Gasteiger partial charge in [0.25, 0.3) is 0 Å². The van der Waals surface area contributed by atoms with Crippen LogP contribution >= 0.6 is 11.8 Å². The molecule has 0 aliphatic rings. The highest BCUT2D eigenvalue weighted by Crippen LogP contribution is 2.33. The summed E-state index contributed by atoms with van der Waals surface area (Å²) >= 11 is 1.84. The van der Waals surface area contributed by atoms with Crippen LogP contribution in [0.2, 0.25) is 0 Å². The van der Waals surface area contributed by atoms with E-state index in [9.17, 15) is 5.11 Å². The minimum absolute atomic E-state index is 0.357. The van der Waals surface area contributed by atoms with Gasteiger partial charge in [0, 0.05) is 10.3 Å². The summed E-state index contributed by atoms with van der Waals surface area (Å²) in [4.78, 5) is 1.24. The zero-order chi connectivity index (χ0) is 12.1. The first-order valence-electron chi connectivity index (χ1n) is 5.77. The van der Waals surface area contributed by atoms with E-state index >= 15 is 0 Å². The van der Waals surface area contributed by atoms with Gasteiger partial charge < -0.3 is 5.11 Å². The molecule has 0 bridgehead atoms. The molecule has 0 atom stereocenters. The minimum atomic E-state index is 0.357. The van der Waals surface area contributed by atoms with Crippen molar-refractivity contribution in [3.05, 3.63) is 49.1 Å². The maximum atomic E-state index is 9.78. The largest absolute Gasteiger partial charge is 0.507 e. The minimum Gasteiger partial charge on any atom is -0.507 e. The Morgan fingerprint density at radius 1 is 1.12 bits per heavy atom. The predicted octanol–water partition coefficient (Wildman–Crippen LogP) is 4.60. The average Bonchev–Trinajstić information content (AvgIpc) is 2.37. The molecule has 0 aliphatic heterocycles. The lowest BCUT2D eigenvalue weighted by atomic mass is 10.1. The molecule has 0 fully saturated rings. The van der Waals surface area contributed by atoms with E-state index in [4.69, 9.17) is 0 Å². The fourth-order valence-corrected chi connectivity index (χ4v) is 2.82. The second kappa shape index (κ2) is 5.78. The van der Waals surface area contributed by atoms with Crippen molar-refractivity contribution in [2.75, 3.05) is 5.75 Å². The van der Waals surface area contributed by atoms with Gasteiger partial charge in [0.05, 0.1) is 0 Å². The van der Waals surface area contributed by atoms with Gasteiger partial charge in [0.15, 0.2) is 0 Å². The Labute approximate surface area is 106 Å². The molecule has 0 aliphatic carbocycles. The monoisotopic (exact) mass is 244 g/mol. The van der Waals surface area contributed by atoms with Crippen LogP contribution in [0.25, 0.3) is 10.8 Å². The van der Waals surface area contributed by atoms with Crippen molar-refractivity contribution in [2.24, 2.45) is 0 Å². The van der Waals surface area contributed by atoms with Gasteiger partial charge in [-0.1, -0.05) is 30.3 Å². The SMILES string of the molecule is C=CCCCSc1ccc(O)c2ccccc12. The Bertz CT molecular complexity index is 519. The van der Waals surface area contributed by atoms with Crippen LogP contribution in [0.5, 0.6) is 5.75 Å². The summed E-state index contributed by atoms with van der Waals surface area (Å²) in [5, 5.41) is 11.8. The highest BCUT2D eigenvalue weighted by atomic mass is 32.2. The first-order valence-corrected chi connectivity index (χ1v) is 6.76. The van der Waals surface area contributed by atoms with Gasteiger partial charge in [-0.05, 0) is 36.1 Å². The predicted molar refractivity (Wildman–Crippen MR) is 75.8 cm³/mol. The molecule has 1 N–H and O–H groups in total. The number of aromatic hydroxyl groups is 1. The van der Waals surface area contributed by atoms with Crippen LogP contribution in [0.4, 0.5) is 0 Å². The van der Waals surface area contributed by atoms with Crippen LogP contribution in [-0.4, -0.2) is 10.9 Å². The molecule has 0 aromatic heterocycles. The number of rotatable bonds is 5. The molecule has 0 heterocycles. The molecular weight excluding hydrogens is 228 g/mol. The molecule has 0 saturated heterocycles. The van der Waals surface area contributed by atoms with E-state index in [1.54, 1.807) is 6.07 Å². The summed E-state index contributed by atoms with van der Waals surface area (Å²) in [5.41, 5.74) is 0. The normalized spacial score (nSPS) is 10.6. The lowest BCUT2D eigenvalue weighted by Crippen LogP contribution is -1.82. The van der Waals surface area contributed by atoms with Crippen LogP contribution in [0.15, 0.2) is 53.9 Å². The van der Waals surface area contributed by atoms with Gasteiger partial charge in [-0.15, -0.1) is 18.3 Å². The quantitative estimate of drug-likeness (QED) is 0.471. The third-order valence-corrected chi connectivity index (χ3v) is 3.83. The van der Waals surface area contributed by atoms with Crippen molar-refractivity contribution in [3.63, 3.8) is 0 Å². The first-order chi connectivity index (χ1) is 8.33. The highest BCUT2D eigenvalue weighted by molar-refractivity contribution is 7.99. The van der Waals surface area contributed by atoms with E-state index in [-0.39, 0.29) is 0 Å². The van der Waals surface area contributed by atoms with Crippen LogP contribution in [0.3, 0.4) is 0 Å². The summed E-state index contributed by atoms with van der Waals surface area (Å²) in [6.45, 7) is 3.72. The van der Waals surface area contributed by atoms with Crippen molar-refractivity contribution in [1.82, 2.24) is 0 Å². The molecule has 88 valence electrons. The molecule has 17 heavy (non-hydrogen) atoms. The molecule has 1 nitrogen and oxygen atoms in total. The summed E-state index contributed by atoms with van der Waals surface area (Å²) in [6.07, 6.45) is 4.15. The summed E-state index contributed by atoms with van der Waals surface area (Å²) in [7, 11) is 0. The second-order valence-electron chi connectivity index (χ2n) is 3.91. The number of phenols is 1. The Hall–Kier alpha value is -1.41. The number of phenolic OH excluding ortho intramolecular Hbond substituents is 1. The van der Waals surface area contributed by atoms with E-state index < -0.39 is 0 Å². The van der Waals surface area contributed by atoms with Crippen molar-refractivity contribution in [2.45, 2.75) is 17.7 Å². The van der Waals surface area contributed by atoms with Crippen molar-refractivity contribution in [1.29, 1.82) is 0 Å². The zero-order valence-electron chi connectivity index (χ0n) is 9.73. The van der Waals surface area contributed by atoms with Gasteiger partial charge >= 0.3 is 0 Å². The molecule has 2 aromatic carbocycles. The molecule has 0 amide bonds. The second-order valence-corrected chi connectivity index (χ2v) is 5.04. The molecule has 0 saturated carbocycles. The Morgan fingerprint density at radius 2 is 1.88 bits per heavy atom. The van der Waals surface area contributed by atoms with Crippen LogP contribution in [0, 0.1) is 0 Å². The van der Waals surface area contributed by atoms with Gasteiger partial charge in [0.2, 0.25) is 0 Å². The van der Waals surface area contributed by atoms with E-state index in [2.05, 4.69) is 12.6 Å². The number of hydrogen-bond acceptors (Lipinski definition) is 2. The summed E-state index contributed by atoms with van der Waals surface area (Å²) in [5.74, 6) is 1.44. The van der Waals surface area contributed by atoms with Gasteiger partial charge in [-0.2, -0.15) is 0 Å². The Morgan fingerprint density at radius 3 is 2.65 bits per heavy atom. The number of allylic oxidation sites excluding steroid dienone is 1. The summed E-state index contributed by atoms with van der Waals surface area (Å²) in [6, 6.07) is 11.8. The molecule has 0 unspecified atom stereocenters. The number of fused-ring (bicyclic) bond motifs is 1. The van der Waals surface area contributed by atoms with Crippen LogP contribution in [-0.2, 0) is 0 Å². The van der Waals surface area contributed by atoms with Crippen molar-refractivity contribution >= 4 is 22.5 Å². The lowest BCUT2D eigenvalue weighted by molar-refractivity contribution is 0.481. The molecular formula is C15H16OS. The smallest absolute Gasteiger partial charge is 0.123 e. The highest BCUT2D eigenvalue weighted by Gasteiger charge is 2.04. The standard InChI is InChI=1S/C15H16OS/c1-2-3-6-11-17-15-10-9-14(16)12-7-4-5-8-13(12)15/h2,4-5,7-10,16H,1,3,6,11H2. The fraction of sp³-hybridized carbons (Fsp3) is 0.200. The molecule has 0 radical (unpaired) electrons. The van der Waals surface area contributed by atoms with E-state index in [0.29, 0.717) is 5.75 Å². The first kappa shape index (κ1) is 12.1. The maximum Gasteiger partial charge on any atom is 0.123 e. The number of benzene rings is 2. The van der Waals surface area contributed by atoms with E-state index in [1.165, 1.54) is 4.90 Å². The third-order valence-electron chi connectivity index (χ3n) is 2.67. The van der Waals surface area contributed by atoms with Crippen molar-refractivity contribution < 1.29 is 5.11 Å².